The molecule has 6 heteroatoms. The molecule has 2 heterocycles. The number of nitrogens with one attached hydrogen (secondary N) is 2. The Bertz CT molecular complexity index is 549. The molecule has 1 aliphatic heterocycles. The number of nitrogens with zero attached hydrogens (tertiary/aromatic N) is 1. The van der Waals surface area contributed by atoms with Crippen molar-refractivity contribution >= 4 is 11.0 Å². The summed E-state index contributed by atoms with van der Waals surface area (Å²) in [6, 6.07) is 2.47. The van der Waals surface area contributed by atoms with Crippen molar-refractivity contribution in [3.63, 3.8) is 0 Å². The van der Waals surface area contributed by atoms with Crippen molar-refractivity contribution in [3.8, 4) is 0 Å². The van der Waals surface area contributed by atoms with Crippen LogP contribution in [0.2, 0.25) is 0 Å². The molecule has 3 rings (SSSR count). The Morgan fingerprint density at radius 3 is 3.00 bits per heavy atom. The zero-order valence-electron chi connectivity index (χ0n) is 8.96. The zero-order chi connectivity index (χ0) is 11.8. The Hall–Kier alpha value is -1.53. The van der Waals surface area contributed by atoms with Gasteiger partial charge in [-0.15, -0.1) is 0 Å². The summed E-state index contributed by atoms with van der Waals surface area (Å²) in [5.74, 6) is -1.23. The number of hydrogen-bond donors (Lipinski definition) is 2. The second-order valence-corrected chi connectivity index (χ2v) is 3.96. The number of halogens is 2. The first kappa shape index (κ1) is 10.6. The number of morpholine rings is 1. The standard InChI is InChI=1S/C11H11F2N3O/c12-6-1-2-7-10(9(6)13)16-11(15-7)8-5-17-4-3-14-8/h1-2,8,14H,3-5H2,(H,15,16). The third-order valence-corrected chi connectivity index (χ3v) is 2.82. The summed E-state index contributed by atoms with van der Waals surface area (Å²) in [4.78, 5) is 7.06. The smallest absolute Gasteiger partial charge is 0.186 e. The molecule has 4 nitrogen and oxygen atoms in total. The lowest BCUT2D eigenvalue weighted by molar-refractivity contribution is 0.0746. The maximum Gasteiger partial charge on any atom is 0.186 e. The van der Waals surface area contributed by atoms with Gasteiger partial charge in [0.05, 0.1) is 24.8 Å². The molecule has 0 bridgehead atoms. The van der Waals surface area contributed by atoms with Crippen LogP contribution in [0.1, 0.15) is 11.9 Å². The van der Waals surface area contributed by atoms with Crippen molar-refractivity contribution in [2.75, 3.05) is 19.8 Å². The molecular weight excluding hydrogens is 228 g/mol. The van der Waals surface area contributed by atoms with Crippen molar-refractivity contribution in [2.45, 2.75) is 6.04 Å². The topological polar surface area (TPSA) is 49.9 Å². The highest BCUT2D eigenvalue weighted by molar-refractivity contribution is 5.75. The van der Waals surface area contributed by atoms with Crippen LogP contribution in [0.4, 0.5) is 8.78 Å². The van der Waals surface area contributed by atoms with Crippen LogP contribution in [0.25, 0.3) is 11.0 Å². The van der Waals surface area contributed by atoms with E-state index in [0.717, 1.165) is 12.6 Å². The first-order valence-electron chi connectivity index (χ1n) is 5.40. The minimum absolute atomic E-state index is 0.0346. The molecule has 1 aromatic heterocycles. The highest BCUT2D eigenvalue weighted by Gasteiger charge is 2.20. The van der Waals surface area contributed by atoms with Gasteiger partial charge in [-0.3, -0.25) is 0 Å². The lowest BCUT2D eigenvalue weighted by atomic mass is 10.2. The number of hydrogen-bond acceptors (Lipinski definition) is 3. The second kappa shape index (κ2) is 4.05. The molecule has 2 N–H and O–H groups in total. The van der Waals surface area contributed by atoms with Gasteiger partial charge in [0.25, 0.3) is 0 Å². The maximum atomic E-state index is 13.5. The second-order valence-electron chi connectivity index (χ2n) is 3.96. The molecule has 0 amide bonds. The van der Waals surface area contributed by atoms with Gasteiger partial charge in [-0.1, -0.05) is 0 Å². The molecule has 2 aromatic rings. The molecule has 1 fully saturated rings. The average Bonchev–Trinajstić information content (AvgIpc) is 2.80. The number of H-pyrrole nitrogens is 1. The SMILES string of the molecule is Fc1ccc2[nH]c(C3COCCN3)nc2c1F. The van der Waals surface area contributed by atoms with E-state index in [-0.39, 0.29) is 11.6 Å². The fraction of sp³-hybridized carbons (Fsp3) is 0.364. The highest BCUT2D eigenvalue weighted by Crippen LogP contribution is 2.21. The van der Waals surface area contributed by atoms with Gasteiger partial charge in [-0.25, -0.2) is 13.8 Å². The number of rotatable bonds is 1. The Labute approximate surface area is 96.0 Å². The van der Waals surface area contributed by atoms with E-state index in [9.17, 15) is 8.78 Å². The third kappa shape index (κ3) is 1.79. The van der Waals surface area contributed by atoms with E-state index < -0.39 is 11.6 Å². The van der Waals surface area contributed by atoms with E-state index in [0.29, 0.717) is 24.6 Å². The molecule has 1 aromatic carbocycles. The van der Waals surface area contributed by atoms with E-state index in [1.165, 1.54) is 6.07 Å². The molecule has 1 atom stereocenters. The van der Waals surface area contributed by atoms with Gasteiger partial charge in [0.1, 0.15) is 11.3 Å². The Morgan fingerprint density at radius 2 is 2.24 bits per heavy atom. The summed E-state index contributed by atoms with van der Waals surface area (Å²) in [7, 11) is 0. The summed E-state index contributed by atoms with van der Waals surface area (Å²) < 4.78 is 31.8. The van der Waals surface area contributed by atoms with Crippen molar-refractivity contribution in [2.24, 2.45) is 0 Å². The van der Waals surface area contributed by atoms with Crippen molar-refractivity contribution in [3.05, 3.63) is 29.6 Å². The number of fused-ring (bicyclic) bond motifs is 1. The van der Waals surface area contributed by atoms with Gasteiger partial charge in [0, 0.05) is 6.54 Å². The minimum Gasteiger partial charge on any atom is -0.378 e. The number of benzene rings is 1. The van der Waals surface area contributed by atoms with Crippen LogP contribution < -0.4 is 5.32 Å². The van der Waals surface area contributed by atoms with Crippen LogP contribution in [0.5, 0.6) is 0 Å². The Kier molecular flexibility index (Phi) is 2.53. The molecule has 0 spiro atoms. The largest absolute Gasteiger partial charge is 0.378 e. The maximum absolute atomic E-state index is 13.5. The van der Waals surface area contributed by atoms with Crippen LogP contribution in [-0.4, -0.2) is 29.7 Å². The molecule has 1 aliphatic rings. The summed E-state index contributed by atoms with van der Waals surface area (Å²) in [5.41, 5.74) is 0.527. The van der Waals surface area contributed by atoms with Gasteiger partial charge in [-0.05, 0) is 12.1 Å². The van der Waals surface area contributed by atoms with Crippen LogP contribution in [0, 0.1) is 11.6 Å². The van der Waals surface area contributed by atoms with Gasteiger partial charge in [0.15, 0.2) is 11.6 Å². The molecule has 1 unspecified atom stereocenters. The summed E-state index contributed by atoms with van der Waals surface area (Å²) in [5, 5.41) is 3.20. The van der Waals surface area contributed by atoms with E-state index in [2.05, 4.69) is 15.3 Å². The van der Waals surface area contributed by atoms with E-state index >= 15 is 0 Å². The van der Waals surface area contributed by atoms with Crippen LogP contribution in [-0.2, 0) is 4.74 Å². The van der Waals surface area contributed by atoms with Gasteiger partial charge in [-0.2, -0.15) is 0 Å². The molecule has 0 saturated carbocycles. The van der Waals surface area contributed by atoms with Gasteiger partial charge >= 0.3 is 0 Å². The highest BCUT2D eigenvalue weighted by atomic mass is 19.2. The normalized spacial score (nSPS) is 20.9. The molecule has 90 valence electrons. The number of ether oxygens (including phenoxy) is 1. The fourth-order valence-corrected chi connectivity index (χ4v) is 1.94. The molecule has 0 aliphatic carbocycles. The average molecular weight is 239 g/mol. The predicted molar refractivity (Wildman–Crippen MR) is 57.6 cm³/mol. The van der Waals surface area contributed by atoms with Crippen LogP contribution in [0.3, 0.4) is 0 Å². The van der Waals surface area contributed by atoms with Gasteiger partial charge < -0.3 is 15.0 Å². The van der Waals surface area contributed by atoms with E-state index in [1.807, 2.05) is 0 Å². The summed E-state index contributed by atoms with van der Waals surface area (Å²) in [6.07, 6.45) is 0. The zero-order valence-corrected chi connectivity index (χ0v) is 8.96. The lowest BCUT2D eigenvalue weighted by Crippen LogP contribution is -2.35. The summed E-state index contributed by atoms with van der Waals surface area (Å²) in [6.45, 7) is 1.85. The Balaban J connectivity index is 2.04. The van der Waals surface area contributed by atoms with Crippen molar-refractivity contribution in [1.82, 2.24) is 15.3 Å². The van der Waals surface area contributed by atoms with Gasteiger partial charge in [0.2, 0.25) is 0 Å². The summed E-state index contributed by atoms with van der Waals surface area (Å²) >= 11 is 0. The van der Waals surface area contributed by atoms with Crippen molar-refractivity contribution < 1.29 is 13.5 Å². The molecule has 0 radical (unpaired) electrons. The van der Waals surface area contributed by atoms with Crippen LogP contribution in [0.15, 0.2) is 12.1 Å². The van der Waals surface area contributed by atoms with E-state index in [1.54, 1.807) is 0 Å². The molecule has 17 heavy (non-hydrogen) atoms. The first-order valence-corrected chi connectivity index (χ1v) is 5.40. The molecular formula is C11H11F2N3O. The first-order chi connectivity index (χ1) is 8.25. The lowest BCUT2D eigenvalue weighted by Gasteiger charge is -2.21. The number of imidazole rings is 1. The fourth-order valence-electron chi connectivity index (χ4n) is 1.94. The monoisotopic (exact) mass is 239 g/mol. The van der Waals surface area contributed by atoms with Crippen molar-refractivity contribution in [1.29, 1.82) is 0 Å². The quantitative estimate of drug-likeness (QED) is 0.793. The van der Waals surface area contributed by atoms with Crippen LogP contribution >= 0.6 is 0 Å². The minimum atomic E-state index is -0.915. The predicted octanol–water partition coefficient (Wildman–Crippen LogP) is 1.50. The molecule has 1 saturated heterocycles. The van der Waals surface area contributed by atoms with E-state index in [4.69, 9.17) is 4.74 Å². The Morgan fingerprint density at radius 1 is 1.35 bits per heavy atom. The number of aromatic nitrogens is 2. The third-order valence-electron chi connectivity index (χ3n) is 2.82. The number of aromatic amines is 1.